The zero-order valence-electron chi connectivity index (χ0n) is 14.5. The second kappa shape index (κ2) is 8.71. The fraction of sp³-hybridized carbons (Fsp3) is 0.333. The van der Waals surface area contributed by atoms with E-state index in [0.29, 0.717) is 5.69 Å². The van der Waals surface area contributed by atoms with Crippen LogP contribution in [-0.2, 0) is 19.8 Å². The summed E-state index contributed by atoms with van der Waals surface area (Å²) in [5.74, 6) is -1.30. The average molecular weight is 387 g/mol. The first kappa shape index (κ1) is 20.5. The fourth-order valence-electron chi connectivity index (χ4n) is 2.56. The van der Waals surface area contributed by atoms with Crippen molar-refractivity contribution in [2.75, 3.05) is 18.5 Å². The van der Waals surface area contributed by atoms with Gasteiger partial charge < -0.3 is 14.4 Å². The van der Waals surface area contributed by atoms with Crippen molar-refractivity contribution in [3.63, 3.8) is 0 Å². The van der Waals surface area contributed by atoms with Gasteiger partial charge in [0.1, 0.15) is 0 Å². The van der Waals surface area contributed by atoms with E-state index in [1.165, 1.54) is 18.2 Å². The molecular weight excluding hydrogens is 366 g/mol. The Kier molecular flexibility index (Phi) is 6.87. The zero-order chi connectivity index (χ0) is 19.2. The number of benzene rings is 2. The van der Waals surface area contributed by atoms with Crippen LogP contribution in [0.5, 0.6) is 0 Å². The standard InChI is InChI=1S/C18H21F3NO3P/c1-3-24-26(23,25-4-2)17(22-14-10-6-5-7-11-14)15-12-8-9-13-16(15)18(19,20)21/h5-13,17,22H,3-4H2,1-2H3/t17-/m0/s1. The first-order valence-corrected chi connectivity index (χ1v) is 9.79. The van der Waals surface area contributed by atoms with Gasteiger partial charge in [-0.05, 0) is 37.6 Å². The highest BCUT2D eigenvalue weighted by Crippen LogP contribution is 2.62. The highest BCUT2D eigenvalue weighted by molar-refractivity contribution is 7.54. The van der Waals surface area contributed by atoms with Crippen molar-refractivity contribution in [1.82, 2.24) is 0 Å². The molecule has 0 aliphatic rings. The lowest BCUT2D eigenvalue weighted by Gasteiger charge is -2.30. The normalized spacial score (nSPS) is 13.4. The largest absolute Gasteiger partial charge is 0.416 e. The molecule has 2 aromatic carbocycles. The van der Waals surface area contributed by atoms with Gasteiger partial charge in [0.2, 0.25) is 0 Å². The predicted octanol–water partition coefficient (Wildman–Crippen LogP) is 6.08. The Morgan fingerprint density at radius 1 is 0.962 bits per heavy atom. The fourth-order valence-corrected chi connectivity index (χ4v) is 4.52. The molecule has 0 unspecified atom stereocenters. The third-order valence-electron chi connectivity index (χ3n) is 3.57. The topological polar surface area (TPSA) is 47.6 Å². The monoisotopic (exact) mass is 387 g/mol. The summed E-state index contributed by atoms with van der Waals surface area (Å²) in [6.07, 6.45) is -4.60. The van der Waals surface area contributed by atoms with Gasteiger partial charge in [0, 0.05) is 5.69 Å². The second-order valence-electron chi connectivity index (χ2n) is 5.37. The highest BCUT2D eigenvalue weighted by Gasteiger charge is 2.43. The molecule has 0 spiro atoms. The maximum atomic E-state index is 13.5. The molecule has 0 aromatic heterocycles. The summed E-state index contributed by atoms with van der Waals surface area (Å²) in [6, 6.07) is 13.6. The molecule has 1 atom stereocenters. The maximum absolute atomic E-state index is 13.5. The second-order valence-corrected chi connectivity index (χ2v) is 7.49. The number of anilines is 1. The minimum absolute atomic E-state index is 0.0401. The highest BCUT2D eigenvalue weighted by atomic mass is 31.2. The smallest absolute Gasteiger partial charge is 0.368 e. The van der Waals surface area contributed by atoms with Gasteiger partial charge in [0.25, 0.3) is 0 Å². The first-order valence-electron chi connectivity index (χ1n) is 8.18. The molecule has 8 heteroatoms. The summed E-state index contributed by atoms with van der Waals surface area (Å²) >= 11 is 0. The Hall–Kier alpha value is -1.82. The van der Waals surface area contributed by atoms with E-state index in [0.717, 1.165) is 6.07 Å². The van der Waals surface area contributed by atoms with E-state index >= 15 is 0 Å². The summed E-state index contributed by atoms with van der Waals surface area (Å²) < 4.78 is 64.5. The number of hydrogen-bond donors (Lipinski definition) is 1. The quantitative estimate of drug-likeness (QED) is 0.558. The van der Waals surface area contributed by atoms with Crippen molar-refractivity contribution in [2.24, 2.45) is 0 Å². The van der Waals surface area contributed by atoms with Gasteiger partial charge in [-0.2, -0.15) is 13.2 Å². The molecule has 0 radical (unpaired) electrons. The number of hydrogen-bond acceptors (Lipinski definition) is 4. The molecule has 0 heterocycles. The molecule has 0 aliphatic carbocycles. The molecule has 2 aromatic rings. The van der Waals surface area contributed by atoms with Gasteiger partial charge >= 0.3 is 13.8 Å². The molecule has 142 valence electrons. The molecule has 0 saturated heterocycles. The van der Waals surface area contributed by atoms with E-state index < -0.39 is 25.1 Å². The molecular formula is C18H21F3NO3P. The molecule has 4 nitrogen and oxygen atoms in total. The van der Waals surface area contributed by atoms with Crippen molar-refractivity contribution >= 4 is 13.3 Å². The summed E-state index contributed by atoms with van der Waals surface area (Å²) in [6.45, 7) is 3.30. The third kappa shape index (κ3) is 4.87. The number of halogens is 3. The Labute approximate surface area is 150 Å². The van der Waals surface area contributed by atoms with Crippen molar-refractivity contribution in [3.05, 3.63) is 65.7 Å². The Morgan fingerprint density at radius 3 is 2.04 bits per heavy atom. The van der Waals surface area contributed by atoms with Crippen molar-refractivity contribution in [1.29, 1.82) is 0 Å². The van der Waals surface area contributed by atoms with Crippen LogP contribution >= 0.6 is 7.60 Å². The van der Waals surface area contributed by atoms with Crippen LogP contribution in [0, 0.1) is 0 Å². The van der Waals surface area contributed by atoms with E-state index in [2.05, 4.69) is 5.32 Å². The van der Waals surface area contributed by atoms with Crippen molar-refractivity contribution in [2.45, 2.75) is 25.8 Å². The van der Waals surface area contributed by atoms with Crippen LogP contribution in [-0.4, -0.2) is 13.2 Å². The van der Waals surface area contributed by atoms with Crippen LogP contribution in [0.25, 0.3) is 0 Å². The van der Waals surface area contributed by atoms with Gasteiger partial charge in [-0.25, -0.2) is 0 Å². The number of alkyl halides is 3. The Morgan fingerprint density at radius 2 is 1.50 bits per heavy atom. The minimum Gasteiger partial charge on any atom is -0.368 e. The minimum atomic E-state index is -4.60. The Bertz CT molecular complexity index is 743. The third-order valence-corrected chi connectivity index (χ3v) is 5.85. The van der Waals surface area contributed by atoms with Crippen LogP contribution in [0.3, 0.4) is 0 Å². The van der Waals surface area contributed by atoms with Gasteiger partial charge in [-0.15, -0.1) is 0 Å². The average Bonchev–Trinajstić information content (AvgIpc) is 2.60. The molecule has 26 heavy (non-hydrogen) atoms. The lowest BCUT2D eigenvalue weighted by atomic mass is 10.1. The summed E-state index contributed by atoms with van der Waals surface area (Å²) in [7, 11) is -3.92. The van der Waals surface area contributed by atoms with E-state index in [1.54, 1.807) is 44.2 Å². The number of para-hydroxylation sites is 1. The number of nitrogens with one attached hydrogen (secondary N) is 1. The van der Waals surface area contributed by atoms with E-state index in [4.69, 9.17) is 9.05 Å². The first-order chi connectivity index (χ1) is 12.3. The van der Waals surface area contributed by atoms with E-state index in [9.17, 15) is 17.7 Å². The van der Waals surface area contributed by atoms with Crippen molar-refractivity contribution in [3.8, 4) is 0 Å². The van der Waals surface area contributed by atoms with Crippen LogP contribution in [0.1, 0.15) is 30.8 Å². The van der Waals surface area contributed by atoms with Crippen LogP contribution in [0.4, 0.5) is 18.9 Å². The van der Waals surface area contributed by atoms with Crippen LogP contribution in [0.2, 0.25) is 0 Å². The maximum Gasteiger partial charge on any atom is 0.416 e. The SMILES string of the molecule is CCOP(=O)(OCC)[C@H](Nc1ccccc1)c1ccccc1C(F)(F)F. The van der Waals surface area contributed by atoms with Gasteiger partial charge in [0.05, 0.1) is 18.8 Å². The Balaban J connectivity index is 2.59. The summed E-state index contributed by atoms with van der Waals surface area (Å²) in [4.78, 5) is 0. The lowest BCUT2D eigenvalue weighted by molar-refractivity contribution is -0.138. The molecule has 0 fully saturated rings. The summed E-state index contributed by atoms with van der Waals surface area (Å²) in [5.41, 5.74) is -0.559. The van der Waals surface area contributed by atoms with Gasteiger partial charge in [-0.3, -0.25) is 4.57 Å². The molecule has 0 saturated carbocycles. The van der Waals surface area contributed by atoms with Gasteiger partial charge in [-0.1, -0.05) is 36.4 Å². The van der Waals surface area contributed by atoms with Crippen LogP contribution < -0.4 is 5.32 Å². The lowest BCUT2D eigenvalue weighted by Crippen LogP contribution is -2.19. The molecule has 0 aliphatic heterocycles. The van der Waals surface area contributed by atoms with Crippen molar-refractivity contribution < 1.29 is 26.8 Å². The van der Waals surface area contributed by atoms with E-state index in [-0.39, 0.29) is 18.8 Å². The molecule has 0 amide bonds. The molecule has 2 rings (SSSR count). The van der Waals surface area contributed by atoms with Gasteiger partial charge in [0.15, 0.2) is 5.78 Å². The number of rotatable bonds is 8. The molecule has 1 N–H and O–H groups in total. The summed E-state index contributed by atoms with van der Waals surface area (Å²) in [5, 5.41) is 2.90. The van der Waals surface area contributed by atoms with E-state index in [1.807, 2.05) is 0 Å². The predicted molar refractivity (Wildman–Crippen MR) is 95.1 cm³/mol. The van der Waals surface area contributed by atoms with Crippen LogP contribution in [0.15, 0.2) is 54.6 Å². The zero-order valence-corrected chi connectivity index (χ0v) is 15.4. The molecule has 0 bridgehead atoms.